The second-order valence-electron chi connectivity index (χ2n) is 5.29. The van der Waals surface area contributed by atoms with Gasteiger partial charge in [-0.25, -0.2) is 0 Å². The van der Waals surface area contributed by atoms with Crippen LogP contribution in [-0.2, 0) is 9.59 Å². The lowest BCUT2D eigenvalue weighted by atomic mass is 9.70. The first-order chi connectivity index (χ1) is 8.10. The number of carbonyl (C=O) groups is 2. The van der Waals surface area contributed by atoms with E-state index < -0.39 is 5.41 Å². The standard InChI is InChI=1S/C15H16O2/c1-9(16)15(10(2)17)13-7-8-14(15)12-6-4-3-5-11(12)13/h3-6,13-14H,7-8H2,1-2H3/t13-,14+. The molecule has 2 bridgehead atoms. The van der Waals surface area contributed by atoms with Gasteiger partial charge in [0.25, 0.3) is 0 Å². The molecular weight excluding hydrogens is 212 g/mol. The van der Waals surface area contributed by atoms with Crippen molar-refractivity contribution in [1.82, 2.24) is 0 Å². The third kappa shape index (κ3) is 1.06. The Morgan fingerprint density at radius 3 is 1.76 bits per heavy atom. The Kier molecular flexibility index (Phi) is 2.07. The maximum Gasteiger partial charge on any atom is 0.144 e. The summed E-state index contributed by atoms with van der Waals surface area (Å²) < 4.78 is 0. The Bertz CT molecular complexity index is 468. The van der Waals surface area contributed by atoms with E-state index in [4.69, 9.17) is 0 Å². The quantitative estimate of drug-likeness (QED) is 0.729. The molecule has 1 aromatic rings. The van der Waals surface area contributed by atoms with Crippen LogP contribution in [0.4, 0.5) is 0 Å². The smallest absolute Gasteiger partial charge is 0.144 e. The first kappa shape index (κ1) is 10.7. The Balaban J connectivity index is 2.25. The lowest BCUT2D eigenvalue weighted by Gasteiger charge is -2.28. The van der Waals surface area contributed by atoms with Gasteiger partial charge in [-0.1, -0.05) is 24.3 Å². The lowest BCUT2D eigenvalue weighted by Crippen LogP contribution is -2.39. The van der Waals surface area contributed by atoms with Crippen LogP contribution in [0.25, 0.3) is 0 Å². The molecule has 2 atom stereocenters. The van der Waals surface area contributed by atoms with Crippen LogP contribution in [0.1, 0.15) is 49.7 Å². The number of hydrogen-bond donors (Lipinski definition) is 0. The van der Waals surface area contributed by atoms with Crippen molar-refractivity contribution in [1.29, 1.82) is 0 Å². The van der Waals surface area contributed by atoms with Gasteiger partial charge in [-0.15, -0.1) is 0 Å². The number of fused-ring (bicyclic) bond motifs is 5. The van der Waals surface area contributed by atoms with Crippen LogP contribution < -0.4 is 0 Å². The van der Waals surface area contributed by atoms with Crippen molar-refractivity contribution in [2.24, 2.45) is 5.41 Å². The first-order valence-corrected chi connectivity index (χ1v) is 6.21. The summed E-state index contributed by atoms with van der Waals surface area (Å²) in [4.78, 5) is 24.2. The number of rotatable bonds is 2. The van der Waals surface area contributed by atoms with E-state index in [0.717, 1.165) is 12.8 Å². The molecule has 1 aromatic carbocycles. The van der Waals surface area contributed by atoms with E-state index in [-0.39, 0.29) is 23.4 Å². The van der Waals surface area contributed by atoms with Gasteiger partial charge in [0.1, 0.15) is 17.0 Å². The van der Waals surface area contributed by atoms with Gasteiger partial charge in [0, 0.05) is 11.8 Å². The first-order valence-electron chi connectivity index (χ1n) is 6.21. The van der Waals surface area contributed by atoms with E-state index in [2.05, 4.69) is 12.1 Å². The third-order valence-corrected chi connectivity index (χ3v) is 4.76. The minimum atomic E-state index is -0.746. The van der Waals surface area contributed by atoms with Gasteiger partial charge in [0.15, 0.2) is 0 Å². The molecule has 2 nitrogen and oxygen atoms in total. The summed E-state index contributed by atoms with van der Waals surface area (Å²) in [7, 11) is 0. The molecule has 0 saturated heterocycles. The largest absolute Gasteiger partial charge is 0.299 e. The monoisotopic (exact) mass is 228 g/mol. The van der Waals surface area contributed by atoms with Crippen LogP contribution in [0.15, 0.2) is 24.3 Å². The summed E-state index contributed by atoms with van der Waals surface area (Å²) in [5, 5.41) is 0. The zero-order valence-corrected chi connectivity index (χ0v) is 10.2. The molecule has 1 saturated carbocycles. The Morgan fingerprint density at radius 1 is 1.00 bits per heavy atom. The maximum absolute atomic E-state index is 12.1. The molecule has 0 unspecified atom stereocenters. The van der Waals surface area contributed by atoms with Crippen molar-refractivity contribution < 1.29 is 9.59 Å². The third-order valence-electron chi connectivity index (χ3n) is 4.76. The topological polar surface area (TPSA) is 34.1 Å². The van der Waals surface area contributed by atoms with Gasteiger partial charge in [0.2, 0.25) is 0 Å². The fourth-order valence-corrected chi connectivity index (χ4v) is 4.21. The second-order valence-corrected chi connectivity index (χ2v) is 5.29. The molecule has 2 aliphatic rings. The zero-order valence-electron chi connectivity index (χ0n) is 10.2. The van der Waals surface area contributed by atoms with E-state index in [1.165, 1.54) is 11.1 Å². The minimum Gasteiger partial charge on any atom is -0.299 e. The average molecular weight is 228 g/mol. The molecule has 0 spiro atoms. The predicted molar refractivity (Wildman–Crippen MR) is 65.0 cm³/mol. The number of ketones is 2. The molecule has 0 heterocycles. The molecule has 1 fully saturated rings. The van der Waals surface area contributed by atoms with Gasteiger partial charge >= 0.3 is 0 Å². The highest BCUT2D eigenvalue weighted by Gasteiger charge is 2.62. The van der Waals surface area contributed by atoms with Crippen molar-refractivity contribution in [3.05, 3.63) is 35.4 Å². The molecule has 2 aliphatic carbocycles. The molecule has 88 valence electrons. The average Bonchev–Trinajstić information content (AvgIpc) is 2.81. The van der Waals surface area contributed by atoms with E-state index >= 15 is 0 Å². The lowest BCUT2D eigenvalue weighted by molar-refractivity contribution is -0.139. The summed E-state index contributed by atoms with van der Waals surface area (Å²) in [6, 6.07) is 8.18. The SMILES string of the molecule is CC(=O)C1(C(C)=O)[C@@H]2CC[C@H]1c1ccccc12. The van der Waals surface area contributed by atoms with Crippen molar-refractivity contribution >= 4 is 11.6 Å². The van der Waals surface area contributed by atoms with Crippen molar-refractivity contribution in [2.75, 3.05) is 0 Å². The van der Waals surface area contributed by atoms with Crippen LogP contribution in [0.3, 0.4) is 0 Å². The molecular formula is C15H16O2. The fraction of sp³-hybridized carbons (Fsp3) is 0.467. The molecule has 17 heavy (non-hydrogen) atoms. The van der Waals surface area contributed by atoms with Crippen molar-refractivity contribution in [2.45, 2.75) is 38.5 Å². The molecule has 0 amide bonds. The summed E-state index contributed by atoms with van der Waals surface area (Å²) in [5.74, 6) is 0.347. The maximum atomic E-state index is 12.1. The number of benzene rings is 1. The molecule has 2 heteroatoms. The van der Waals surface area contributed by atoms with Crippen LogP contribution in [0, 0.1) is 5.41 Å². The summed E-state index contributed by atoms with van der Waals surface area (Å²) in [5.41, 5.74) is 1.72. The Labute approximate surface area is 101 Å². The summed E-state index contributed by atoms with van der Waals surface area (Å²) in [6.07, 6.45) is 1.95. The van der Waals surface area contributed by atoms with Crippen LogP contribution >= 0.6 is 0 Å². The number of Topliss-reactive ketones (excluding diaryl/α,β-unsaturated/α-hetero) is 2. The fourth-order valence-electron chi connectivity index (χ4n) is 4.21. The van der Waals surface area contributed by atoms with Gasteiger partial charge in [-0.2, -0.15) is 0 Å². The molecule has 3 rings (SSSR count). The number of carbonyl (C=O) groups excluding carboxylic acids is 2. The van der Waals surface area contributed by atoms with Gasteiger partial charge in [-0.3, -0.25) is 9.59 Å². The normalized spacial score (nSPS) is 27.9. The second kappa shape index (κ2) is 3.28. The highest BCUT2D eigenvalue weighted by molar-refractivity contribution is 6.08. The Hall–Kier alpha value is -1.44. The molecule has 0 aromatic heterocycles. The molecule has 0 radical (unpaired) electrons. The highest BCUT2D eigenvalue weighted by atomic mass is 16.2. The van der Waals surface area contributed by atoms with Gasteiger partial charge in [0.05, 0.1) is 0 Å². The van der Waals surface area contributed by atoms with Crippen LogP contribution in [-0.4, -0.2) is 11.6 Å². The van der Waals surface area contributed by atoms with Crippen LogP contribution in [0.2, 0.25) is 0 Å². The van der Waals surface area contributed by atoms with Crippen molar-refractivity contribution in [3.63, 3.8) is 0 Å². The van der Waals surface area contributed by atoms with Crippen molar-refractivity contribution in [3.8, 4) is 0 Å². The highest BCUT2D eigenvalue weighted by Crippen LogP contribution is 2.65. The van der Waals surface area contributed by atoms with E-state index in [0.29, 0.717) is 0 Å². The van der Waals surface area contributed by atoms with Gasteiger partial charge < -0.3 is 0 Å². The van der Waals surface area contributed by atoms with Gasteiger partial charge in [-0.05, 0) is 37.8 Å². The predicted octanol–water partition coefficient (Wildman–Crippen LogP) is 2.83. The number of hydrogen-bond acceptors (Lipinski definition) is 2. The van der Waals surface area contributed by atoms with E-state index in [1.54, 1.807) is 13.8 Å². The zero-order chi connectivity index (χ0) is 12.2. The van der Waals surface area contributed by atoms with E-state index in [9.17, 15) is 9.59 Å². The molecule has 0 N–H and O–H groups in total. The van der Waals surface area contributed by atoms with Crippen LogP contribution in [0.5, 0.6) is 0 Å². The molecule has 0 aliphatic heterocycles. The summed E-state index contributed by atoms with van der Waals surface area (Å²) >= 11 is 0. The minimum absolute atomic E-state index is 0.0497. The van der Waals surface area contributed by atoms with E-state index in [1.807, 2.05) is 12.1 Å². The summed E-state index contributed by atoms with van der Waals surface area (Å²) in [6.45, 7) is 3.16. The Morgan fingerprint density at radius 2 is 1.41 bits per heavy atom.